The van der Waals surface area contributed by atoms with E-state index in [2.05, 4.69) is 15.3 Å². The van der Waals surface area contributed by atoms with Gasteiger partial charge >= 0.3 is 0 Å². The van der Waals surface area contributed by atoms with Crippen LogP contribution in [0.4, 0.5) is 17.3 Å². The number of hydrogen-bond donors (Lipinski definition) is 2. The molecule has 0 radical (unpaired) electrons. The maximum Gasteiger partial charge on any atom is 0.151 e. The minimum atomic E-state index is 0.378. The second-order valence-electron chi connectivity index (χ2n) is 3.42. The van der Waals surface area contributed by atoms with Crippen LogP contribution in [0.5, 0.6) is 0 Å². The normalized spacial score (nSPS) is 10.1. The molecule has 2 rings (SSSR count). The van der Waals surface area contributed by atoms with Gasteiger partial charge in [-0.2, -0.15) is 0 Å². The Morgan fingerprint density at radius 2 is 2.12 bits per heavy atom. The number of nitrogen functional groups attached to an aromatic ring is 1. The maximum atomic E-state index is 6.01. The van der Waals surface area contributed by atoms with E-state index in [1.54, 1.807) is 6.20 Å². The summed E-state index contributed by atoms with van der Waals surface area (Å²) in [7, 11) is 0. The molecule has 1 aromatic heterocycles. The van der Waals surface area contributed by atoms with Gasteiger partial charge < -0.3 is 11.1 Å². The van der Waals surface area contributed by atoms with Crippen LogP contribution in [0, 0.1) is 6.92 Å². The van der Waals surface area contributed by atoms with E-state index in [4.69, 9.17) is 17.3 Å². The molecular weight excluding hydrogens is 224 g/mol. The zero-order valence-electron chi connectivity index (χ0n) is 8.74. The van der Waals surface area contributed by atoms with Gasteiger partial charge in [-0.05, 0) is 24.6 Å². The van der Waals surface area contributed by atoms with Crippen molar-refractivity contribution in [2.24, 2.45) is 0 Å². The molecular formula is C11H11ClN4. The molecule has 0 aliphatic carbocycles. The van der Waals surface area contributed by atoms with Gasteiger partial charge in [-0.1, -0.05) is 17.7 Å². The Labute approximate surface area is 98.5 Å². The predicted molar refractivity (Wildman–Crippen MR) is 65.9 cm³/mol. The molecule has 0 spiro atoms. The molecule has 0 saturated carbocycles. The van der Waals surface area contributed by atoms with Gasteiger partial charge in [-0.25, -0.2) is 4.98 Å². The minimum Gasteiger partial charge on any atom is -0.382 e. The quantitative estimate of drug-likeness (QED) is 0.839. The lowest BCUT2D eigenvalue weighted by molar-refractivity contribution is 1.21. The van der Waals surface area contributed by atoms with Crippen LogP contribution in [-0.2, 0) is 0 Å². The number of anilines is 3. The monoisotopic (exact) mass is 234 g/mol. The highest BCUT2D eigenvalue weighted by Crippen LogP contribution is 2.22. The Balaban J connectivity index is 2.24. The fraction of sp³-hybridized carbons (Fsp3) is 0.0909. The molecule has 3 N–H and O–H groups in total. The molecule has 0 fully saturated rings. The molecule has 4 nitrogen and oxygen atoms in total. The first kappa shape index (κ1) is 10.7. The summed E-state index contributed by atoms with van der Waals surface area (Å²) in [6.07, 6.45) is 3.09. The lowest BCUT2D eigenvalue weighted by Crippen LogP contribution is -1.98. The highest BCUT2D eigenvalue weighted by Gasteiger charge is 2.00. The molecule has 1 heterocycles. The van der Waals surface area contributed by atoms with Crippen LogP contribution in [0.2, 0.25) is 5.02 Å². The van der Waals surface area contributed by atoms with Crippen molar-refractivity contribution in [2.45, 2.75) is 6.92 Å². The van der Waals surface area contributed by atoms with Crippen LogP contribution in [0.3, 0.4) is 0 Å². The van der Waals surface area contributed by atoms with Gasteiger partial charge in [0.15, 0.2) is 5.82 Å². The number of aryl methyl sites for hydroxylation is 1. The molecule has 82 valence electrons. The Kier molecular flexibility index (Phi) is 2.92. The van der Waals surface area contributed by atoms with Crippen molar-refractivity contribution in [3.05, 3.63) is 41.2 Å². The number of aromatic nitrogens is 2. The summed E-state index contributed by atoms with van der Waals surface area (Å²) < 4.78 is 0. The lowest BCUT2D eigenvalue weighted by atomic mass is 10.2. The Morgan fingerprint density at radius 3 is 2.81 bits per heavy atom. The Hall–Kier alpha value is -1.81. The third kappa shape index (κ3) is 2.41. The van der Waals surface area contributed by atoms with Crippen molar-refractivity contribution in [1.29, 1.82) is 0 Å². The van der Waals surface area contributed by atoms with Crippen LogP contribution in [0.1, 0.15) is 5.56 Å². The topological polar surface area (TPSA) is 63.8 Å². The van der Waals surface area contributed by atoms with Gasteiger partial charge in [0.2, 0.25) is 0 Å². The van der Waals surface area contributed by atoms with Gasteiger partial charge in [-0.15, -0.1) is 0 Å². The fourth-order valence-corrected chi connectivity index (χ4v) is 1.44. The Bertz CT molecular complexity index is 513. The number of benzene rings is 1. The smallest absolute Gasteiger partial charge is 0.151 e. The first-order valence-electron chi connectivity index (χ1n) is 4.76. The maximum absolute atomic E-state index is 6.01. The van der Waals surface area contributed by atoms with Crippen molar-refractivity contribution >= 4 is 28.9 Å². The van der Waals surface area contributed by atoms with Gasteiger partial charge in [0.25, 0.3) is 0 Å². The number of halogens is 1. The van der Waals surface area contributed by atoms with Crippen LogP contribution < -0.4 is 11.1 Å². The number of hydrogen-bond acceptors (Lipinski definition) is 4. The molecule has 0 unspecified atom stereocenters. The molecule has 5 heteroatoms. The van der Waals surface area contributed by atoms with E-state index in [1.807, 2.05) is 25.1 Å². The van der Waals surface area contributed by atoms with Gasteiger partial charge in [0.1, 0.15) is 5.82 Å². The van der Waals surface area contributed by atoms with E-state index < -0.39 is 0 Å². The highest BCUT2D eigenvalue weighted by molar-refractivity contribution is 6.31. The van der Waals surface area contributed by atoms with E-state index in [9.17, 15) is 0 Å². The Morgan fingerprint density at radius 1 is 1.31 bits per heavy atom. The van der Waals surface area contributed by atoms with Crippen LogP contribution in [0.15, 0.2) is 30.6 Å². The number of rotatable bonds is 2. The zero-order chi connectivity index (χ0) is 11.5. The molecule has 2 aromatic rings. The SMILES string of the molecule is Cc1ccc(Nc2cncc(N)n2)cc1Cl. The predicted octanol–water partition coefficient (Wildman–Crippen LogP) is 2.76. The molecule has 0 amide bonds. The van der Waals surface area contributed by atoms with Crippen molar-refractivity contribution in [1.82, 2.24) is 9.97 Å². The van der Waals surface area contributed by atoms with Crippen LogP contribution in [-0.4, -0.2) is 9.97 Å². The van der Waals surface area contributed by atoms with Crippen LogP contribution >= 0.6 is 11.6 Å². The van der Waals surface area contributed by atoms with E-state index in [-0.39, 0.29) is 0 Å². The summed E-state index contributed by atoms with van der Waals surface area (Å²) in [4.78, 5) is 8.02. The highest BCUT2D eigenvalue weighted by atomic mass is 35.5. The summed E-state index contributed by atoms with van der Waals surface area (Å²) >= 11 is 6.01. The van der Waals surface area contributed by atoms with Crippen molar-refractivity contribution < 1.29 is 0 Å². The number of nitrogens with zero attached hydrogens (tertiary/aromatic N) is 2. The third-order valence-corrected chi connectivity index (χ3v) is 2.50. The molecule has 0 saturated heterocycles. The van der Waals surface area contributed by atoms with E-state index in [0.29, 0.717) is 16.7 Å². The average molecular weight is 235 g/mol. The largest absolute Gasteiger partial charge is 0.382 e. The first-order chi connectivity index (χ1) is 7.65. The second-order valence-corrected chi connectivity index (χ2v) is 3.83. The third-order valence-electron chi connectivity index (χ3n) is 2.10. The zero-order valence-corrected chi connectivity index (χ0v) is 9.49. The summed E-state index contributed by atoms with van der Waals surface area (Å²) in [5, 5.41) is 3.78. The molecule has 0 aliphatic heterocycles. The average Bonchev–Trinajstić information content (AvgIpc) is 2.24. The molecule has 0 bridgehead atoms. The van der Waals surface area contributed by atoms with Crippen molar-refractivity contribution in [3.8, 4) is 0 Å². The fourth-order valence-electron chi connectivity index (χ4n) is 1.26. The summed E-state index contributed by atoms with van der Waals surface area (Å²) in [5.41, 5.74) is 7.42. The first-order valence-corrected chi connectivity index (χ1v) is 5.13. The van der Waals surface area contributed by atoms with Crippen LogP contribution in [0.25, 0.3) is 0 Å². The lowest BCUT2D eigenvalue weighted by Gasteiger charge is -2.06. The number of nitrogens with one attached hydrogen (secondary N) is 1. The van der Waals surface area contributed by atoms with Crippen molar-refractivity contribution in [2.75, 3.05) is 11.1 Å². The van der Waals surface area contributed by atoms with Gasteiger partial charge in [-0.3, -0.25) is 4.98 Å². The molecule has 0 atom stereocenters. The van der Waals surface area contributed by atoms with E-state index >= 15 is 0 Å². The second kappa shape index (κ2) is 4.37. The summed E-state index contributed by atoms with van der Waals surface area (Å²) in [5.74, 6) is 0.975. The van der Waals surface area contributed by atoms with E-state index in [0.717, 1.165) is 11.3 Å². The summed E-state index contributed by atoms with van der Waals surface area (Å²) in [6, 6.07) is 5.69. The molecule has 16 heavy (non-hydrogen) atoms. The standard InChI is InChI=1S/C11H11ClN4/c1-7-2-3-8(4-9(7)12)15-11-6-14-5-10(13)16-11/h2-6H,1H3,(H3,13,15,16). The van der Waals surface area contributed by atoms with Gasteiger partial charge in [0, 0.05) is 10.7 Å². The van der Waals surface area contributed by atoms with Gasteiger partial charge in [0.05, 0.1) is 12.4 Å². The minimum absolute atomic E-state index is 0.378. The number of nitrogens with two attached hydrogens (primary N) is 1. The summed E-state index contributed by atoms with van der Waals surface area (Å²) in [6.45, 7) is 1.95. The van der Waals surface area contributed by atoms with Crippen molar-refractivity contribution in [3.63, 3.8) is 0 Å². The van der Waals surface area contributed by atoms with E-state index in [1.165, 1.54) is 6.20 Å². The molecule has 1 aromatic carbocycles. The molecule has 0 aliphatic rings.